The van der Waals surface area contributed by atoms with Crippen LogP contribution in [-0.4, -0.2) is 29.1 Å². The van der Waals surface area contributed by atoms with E-state index in [1.54, 1.807) is 79.1 Å². The summed E-state index contributed by atoms with van der Waals surface area (Å²) >= 11 is 0. The van der Waals surface area contributed by atoms with Crippen LogP contribution in [0.2, 0.25) is 0 Å². The average Bonchev–Trinajstić information content (AvgIpc) is 3.07. The molecule has 9 aromatic carbocycles. The van der Waals surface area contributed by atoms with E-state index in [9.17, 15) is 52.7 Å². The smallest absolute Gasteiger partial charge is 0.309 e. The van der Waals surface area contributed by atoms with Crippen molar-refractivity contribution in [1.82, 2.24) is 29.1 Å². The Labute approximate surface area is 468 Å². The van der Waals surface area contributed by atoms with Gasteiger partial charge in [-0.05, 0) is 119 Å². The molecular weight excluding hydrogens is 1100 g/mol. The van der Waals surface area contributed by atoms with Crippen LogP contribution in [-0.2, 0) is 24.7 Å². The molecule has 4 aromatic heterocycles. The van der Waals surface area contributed by atoms with Crippen molar-refractivity contribution in [3.63, 3.8) is 0 Å². The molecule has 13 rings (SSSR count). The Morgan fingerprint density at radius 2 is 0.655 bits per heavy atom. The quantitative estimate of drug-likeness (QED) is 0.142. The number of para-hydroxylation sites is 2. The van der Waals surface area contributed by atoms with Crippen LogP contribution in [0.25, 0.3) is 123 Å². The molecule has 0 N–H and O–H groups in total. The average molecular weight is 1140 g/mol. The molecule has 0 unspecified atom stereocenters. The third-order valence-corrected chi connectivity index (χ3v) is 14.7. The molecule has 13 aromatic rings. The molecule has 0 spiro atoms. The summed E-state index contributed by atoms with van der Waals surface area (Å²) < 4.78 is 174. The summed E-state index contributed by atoms with van der Waals surface area (Å²) in [6.45, 7) is 0. The van der Waals surface area contributed by atoms with Gasteiger partial charge in [-0.2, -0.15) is 52.7 Å². The Morgan fingerprint density at radius 1 is 0.274 bits per heavy atom. The largest absolute Gasteiger partial charge is 0.416 e. The maximum atomic E-state index is 14.2. The lowest BCUT2D eigenvalue weighted by atomic mass is 9.97. The number of benzene rings is 9. The van der Waals surface area contributed by atoms with Crippen LogP contribution in [0.4, 0.5) is 52.7 Å². The number of fused-ring (bicyclic) bond motifs is 6. The second-order valence-electron chi connectivity index (χ2n) is 19.9. The lowest BCUT2D eigenvalue weighted by molar-refractivity contribution is -0.144. The lowest BCUT2D eigenvalue weighted by Gasteiger charge is -2.19. The number of hydrogen-bond donors (Lipinski definition) is 0. The van der Waals surface area contributed by atoms with Crippen molar-refractivity contribution in [2.75, 3.05) is 0 Å². The summed E-state index contributed by atoms with van der Waals surface area (Å²) in [5, 5.41) is 2.21. The molecule has 0 amide bonds. The van der Waals surface area contributed by atoms with Crippen molar-refractivity contribution in [3.8, 4) is 78.9 Å². The normalized spacial score (nSPS) is 12.5. The van der Waals surface area contributed by atoms with Gasteiger partial charge in [-0.3, -0.25) is 4.98 Å². The molecule has 18 heteroatoms. The molecule has 414 valence electrons. The van der Waals surface area contributed by atoms with E-state index in [1.165, 1.54) is 12.1 Å². The zero-order valence-corrected chi connectivity index (χ0v) is 43.0. The van der Waals surface area contributed by atoms with Gasteiger partial charge in [0.25, 0.3) is 0 Å². The first kappa shape index (κ1) is 53.2. The lowest BCUT2D eigenvalue weighted by Crippen LogP contribution is -2.11. The van der Waals surface area contributed by atoms with E-state index in [-0.39, 0.29) is 40.2 Å². The number of rotatable bonds is 8. The molecule has 0 bridgehead atoms. The summed E-state index contributed by atoms with van der Waals surface area (Å²) in [6, 6.07) is 52.6. The van der Waals surface area contributed by atoms with Gasteiger partial charge in [0, 0.05) is 55.6 Å². The first-order chi connectivity index (χ1) is 40.2. The van der Waals surface area contributed by atoms with Gasteiger partial charge in [-0.15, -0.1) is 0 Å². The zero-order chi connectivity index (χ0) is 58.5. The highest BCUT2D eigenvalue weighted by Crippen LogP contribution is 2.46. The van der Waals surface area contributed by atoms with Crippen LogP contribution < -0.4 is 0 Å². The predicted octanol–water partition coefficient (Wildman–Crippen LogP) is 19.5. The topological polar surface area (TPSA) is 61.4 Å². The van der Waals surface area contributed by atoms with Crippen LogP contribution in [0, 0.1) is 0 Å². The van der Waals surface area contributed by atoms with E-state index in [0.717, 1.165) is 0 Å². The monoisotopic (exact) mass is 1140 g/mol. The van der Waals surface area contributed by atoms with Crippen molar-refractivity contribution < 1.29 is 52.7 Å². The minimum atomic E-state index is -5.09. The van der Waals surface area contributed by atoms with E-state index in [4.69, 9.17) is 15.0 Å². The highest BCUT2D eigenvalue weighted by atomic mass is 19.4. The van der Waals surface area contributed by atoms with Crippen LogP contribution in [0.5, 0.6) is 0 Å². The van der Waals surface area contributed by atoms with Gasteiger partial charge >= 0.3 is 24.7 Å². The Balaban J connectivity index is 1.07. The molecule has 0 aliphatic heterocycles. The minimum absolute atomic E-state index is 0.0830. The Morgan fingerprint density at radius 3 is 1.10 bits per heavy atom. The highest BCUT2D eigenvalue weighted by molar-refractivity contribution is 6.13. The van der Waals surface area contributed by atoms with Crippen molar-refractivity contribution in [3.05, 3.63) is 241 Å². The fourth-order valence-electron chi connectivity index (χ4n) is 10.9. The third kappa shape index (κ3) is 9.61. The van der Waals surface area contributed by atoms with Gasteiger partial charge < -0.3 is 9.13 Å². The summed E-state index contributed by atoms with van der Waals surface area (Å²) in [6.07, 6.45) is -17.1. The molecule has 6 nitrogen and oxygen atoms in total. The van der Waals surface area contributed by atoms with Crippen molar-refractivity contribution in [1.29, 1.82) is 0 Å². The standard InChI is InChI=1S/C66H36F12N6/c67-63(68,69)44-27-42(28-45(34-44)64(70,71)72)39-19-22-56-51(31-39)48-15-7-9-17-54(48)83(56)57-24-21-41(62-81-60(37-11-3-1-4-12-37)80-61(82-62)38-13-5-2-6-14-38)33-53(57)50-25-26-79-36-59(50)84-55-18-10-8-16-49(55)52-32-40(20-23-58(52)84)43-29-46(65(73,74)75)35-47(30-43)66(76,77)78/h1-36H. The molecule has 0 saturated carbocycles. The molecule has 0 atom stereocenters. The van der Waals surface area contributed by atoms with Crippen LogP contribution in [0.1, 0.15) is 22.3 Å². The molecule has 0 fully saturated rings. The first-order valence-electron chi connectivity index (χ1n) is 25.8. The van der Waals surface area contributed by atoms with Crippen molar-refractivity contribution in [2.24, 2.45) is 0 Å². The number of halogens is 12. The van der Waals surface area contributed by atoms with Crippen LogP contribution in [0.15, 0.2) is 219 Å². The van der Waals surface area contributed by atoms with Gasteiger partial charge in [0.2, 0.25) is 0 Å². The fourth-order valence-corrected chi connectivity index (χ4v) is 10.9. The van der Waals surface area contributed by atoms with E-state index in [0.29, 0.717) is 119 Å². The van der Waals surface area contributed by atoms with Crippen molar-refractivity contribution >= 4 is 43.6 Å². The molecule has 0 saturated heterocycles. The number of aromatic nitrogens is 6. The molecule has 0 radical (unpaired) electrons. The van der Waals surface area contributed by atoms with E-state index in [1.807, 2.05) is 100 Å². The van der Waals surface area contributed by atoms with E-state index < -0.39 is 47.0 Å². The second kappa shape index (κ2) is 19.8. The minimum Gasteiger partial charge on any atom is -0.309 e. The number of alkyl halides is 12. The Kier molecular flexibility index (Phi) is 12.6. The maximum absolute atomic E-state index is 14.2. The van der Waals surface area contributed by atoms with E-state index in [2.05, 4.69) is 4.98 Å². The maximum Gasteiger partial charge on any atom is 0.416 e. The van der Waals surface area contributed by atoms with Gasteiger partial charge in [-0.25, -0.2) is 15.0 Å². The van der Waals surface area contributed by atoms with Gasteiger partial charge in [0.15, 0.2) is 17.5 Å². The first-order valence-corrected chi connectivity index (χ1v) is 25.8. The van der Waals surface area contributed by atoms with Crippen LogP contribution >= 0.6 is 0 Å². The third-order valence-electron chi connectivity index (χ3n) is 14.7. The predicted molar refractivity (Wildman–Crippen MR) is 299 cm³/mol. The highest BCUT2D eigenvalue weighted by Gasteiger charge is 2.39. The van der Waals surface area contributed by atoms with Gasteiger partial charge in [0.1, 0.15) is 0 Å². The van der Waals surface area contributed by atoms with Crippen LogP contribution in [0.3, 0.4) is 0 Å². The Bertz CT molecular complexity index is 4610. The summed E-state index contributed by atoms with van der Waals surface area (Å²) in [4.78, 5) is 19.5. The van der Waals surface area contributed by atoms with E-state index >= 15 is 0 Å². The SMILES string of the molecule is FC(F)(F)c1cc(-c2ccc3c(c2)c2ccccc2n3-c2ccc(-c3nc(-c4ccccc4)nc(-c4ccccc4)n3)cc2-c2ccncc2-n2c3ccccc3c3cc(-c4cc(C(F)(F)F)cc(C(F)(F)F)c4)ccc32)cc(C(F)(F)F)c1. The second-order valence-corrected chi connectivity index (χ2v) is 19.9. The molecule has 4 heterocycles. The fraction of sp³-hybridized carbons (Fsp3) is 0.0606. The van der Waals surface area contributed by atoms with Gasteiger partial charge in [-0.1, -0.05) is 109 Å². The Hall–Kier alpha value is -10.1. The van der Waals surface area contributed by atoms with Gasteiger partial charge in [0.05, 0.1) is 61.9 Å². The number of nitrogens with zero attached hydrogens (tertiary/aromatic N) is 6. The van der Waals surface area contributed by atoms with Crippen molar-refractivity contribution in [2.45, 2.75) is 24.7 Å². The molecular formula is C66H36F12N6. The number of hydrogen-bond acceptors (Lipinski definition) is 4. The summed E-state index contributed by atoms with van der Waals surface area (Å²) in [7, 11) is 0. The summed E-state index contributed by atoms with van der Waals surface area (Å²) in [5.41, 5.74) is 0.0269. The molecule has 84 heavy (non-hydrogen) atoms. The molecule has 0 aliphatic carbocycles. The molecule has 0 aliphatic rings. The zero-order valence-electron chi connectivity index (χ0n) is 43.0. The number of pyridine rings is 1. The summed E-state index contributed by atoms with van der Waals surface area (Å²) in [5.74, 6) is 1.03.